The van der Waals surface area contributed by atoms with E-state index in [4.69, 9.17) is 5.73 Å². The van der Waals surface area contributed by atoms with Crippen LogP contribution in [0.3, 0.4) is 0 Å². The number of carbonyl (C=O) groups excluding carboxylic acids is 1. The first-order valence-corrected chi connectivity index (χ1v) is 11.1. The largest absolute Gasteiger partial charge is 0.546 e. The number of anilines is 1. The molecule has 0 aromatic carbocycles. The van der Waals surface area contributed by atoms with Crippen LogP contribution in [0, 0.1) is 0 Å². The molecule has 0 radical (unpaired) electrons. The Morgan fingerprint density at radius 1 is 0.889 bits per heavy atom. The van der Waals surface area contributed by atoms with Crippen LogP contribution in [-0.4, -0.2) is 5.97 Å². The molecule has 0 aliphatic heterocycles. The lowest BCUT2D eigenvalue weighted by Crippen LogP contribution is -2.50. The number of carboxylic acid groups (broad SMARTS) is 1. The van der Waals surface area contributed by atoms with E-state index in [1.807, 2.05) is 6.07 Å². The van der Waals surface area contributed by atoms with Gasteiger partial charge in [-0.3, -0.25) is 5.73 Å². The Hall–Kier alpha value is -1.58. The maximum Gasteiger partial charge on any atom is 0.272 e. The number of carbonyl (C=O) groups is 1. The molecule has 0 fully saturated rings. The lowest BCUT2D eigenvalue weighted by Gasteiger charge is -2.17. The molecule has 0 saturated heterocycles. The topological polar surface area (TPSA) is 70.0 Å². The number of hydrogen-bond donors (Lipinski definition) is 1. The molecular weight excluding hydrogens is 336 g/mol. The summed E-state index contributed by atoms with van der Waals surface area (Å²) in [5.41, 5.74) is 5.88. The van der Waals surface area contributed by atoms with E-state index in [1.165, 1.54) is 77.0 Å². The fourth-order valence-electron chi connectivity index (χ4n) is 3.66. The quantitative estimate of drug-likeness (QED) is 0.316. The monoisotopic (exact) mass is 376 g/mol. The number of rotatable bonds is 17. The maximum atomic E-state index is 11.4. The highest BCUT2D eigenvalue weighted by Crippen LogP contribution is 2.15. The number of nitrogens with two attached hydrogens (primary N) is 1. The Labute approximate surface area is 166 Å². The van der Waals surface area contributed by atoms with Gasteiger partial charge in [0.2, 0.25) is 0 Å². The normalized spacial score (nSPS) is 12.2. The highest BCUT2D eigenvalue weighted by molar-refractivity contribution is 5.67. The van der Waals surface area contributed by atoms with Crippen LogP contribution < -0.4 is 15.4 Å². The molecule has 154 valence electrons. The molecule has 2 N–H and O–H groups in total. The van der Waals surface area contributed by atoms with Gasteiger partial charge in [0.05, 0.1) is 12.2 Å². The summed E-state index contributed by atoms with van der Waals surface area (Å²) in [7, 11) is 0. The van der Waals surface area contributed by atoms with Gasteiger partial charge in [-0.05, 0) is 18.9 Å². The molecule has 1 aromatic heterocycles. The highest BCUT2D eigenvalue weighted by Gasteiger charge is 2.18. The van der Waals surface area contributed by atoms with E-state index in [2.05, 4.69) is 6.92 Å². The van der Waals surface area contributed by atoms with Gasteiger partial charge in [-0.15, -0.1) is 0 Å². The Morgan fingerprint density at radius 3 is 1.81 bits per heavy atom. The van der Waals surface area contributed by atoms with E-state index < -0.39 is 12.0 Å². The number of nitrogens with zero attached hydrogens (tertiary/aromatic N) is 1. The van der Waals surface area contributed by atoms with Gasteiger partial charge >= 0.3 is 0 Å². The Balaban J connectivity index is 2.00. The van der Waals surface area contributed by atoms with E-state index in [0.29, 0.717) is 12.2 Å². The molecule has 0 amide bonds. The number of carboxylic acids is 1. The van der Waals surface area contributed by atoms with Gasteiger partial charge in [0.25, 0.3) is 5.82 Å². The standard InChI is InChI=1S/C23H40N2O2/c1-2-3-4-5-6-7-8-9-10-11-12-13-14-15-18-21(23(26)27)25-20-17-16-19-22(25)24/h16-17,19-21,24H,2-15,18H2,1H3,(H,26,27). The zero-order chi connectivity index (χ0) is 19.7. The predicted octanol–water partition coefficient (Wildman–Crippen LogP) is 4.72. The van der Waals surface area contributed by atoms with E-state index in [-0.39, 0.29) is 0 Å². The lowest BCUT2D eigenvalue weighted by molar-refractivity contribution is -0.703. The van der Waals surface area contributed by atoms with Gasteiger partial charge in [-0.1, -0.05) is 96.5 Å². The minimum Gasteiger partial charge on any atom is -0.546 e. The number of aromatic nitrogens is 1. The first-order chi connectivity index (χ1) is 13.2. The Bertz CT molecular complexity index is 505. The van der Waals surface area contributed by atoms with Crippen LogP contribution in [0.25, 0.3) is 0 Å². The average Bonchev–Trinajstić information content (AvgIpc) is 2.65. The summed E-state index contributed by atoms with van der Waals surface area (Å²) in [6, 6.07) is 4.67. The van der Waals surface area contributed by atoms with Crippen molar-refractivity contribution in [3.8, 4) is 0 Å². The Kier molecular flexibility index (Phi) is 13.4. The Morgan fingerprint density at radius 2 is 1.37 bits per heavy atom. The summed E-state index contributed by atoms with van der Waals surface area (Å²) in [5, 5.41) is 11.4. The molecule has 0 bridgehead atoms. The van der Waals surface area contributed by atoms with Crippen LogP contribution in [0.15, 0.2) is 24.4 Å². The zero-order valence-electron chi connectivity index (χ0n) is 17.3. The third kappa shape index (κ3) is 11.0. The van der Waals surface area contributed by atoms with Crippen molar-refractivity contribution in [3.05, 3.63) is 24.4 Å². The molecular formula is C23H40N2O2. The van der Waals surface area contributed by atoms with Crippen molar-refractivity contribution in [2.45, 2.75) is 109 Å². The highest BCUT2D eigenvalue weighted by atomic mass is 16.4. The average molecular weight is 377 g/mol. The fourth-order valence-corrected chi connectivity index (χ4v) is 3.66. The third-order valence-electron chi connectivity index (χ3n) is 5.36. The van der Waals surface area contributed by atoms with Crippen molar-refractivity contribution >= 4 is 11.8 Å². The van der Waals surface area contributed by atoms with Crippen molar-refractivity contribution in [2.24, 2.45) is 0 Å². The first kappa shape index (κ1) is 23.5. The first-order valence-electron chi connectivity index (χ1n) is 11.1. The van der Waals surface area contributed by atoms with E-state index in [0.717, 1.165) is 12.8 Å². The molecule has 0 aliphatic rings. The van der Waals surface area contributed by atoms with Crippen molar-refractivity contribution in [1.82, 2.24) is 0 Å². The summed E-state index contributed by atoms with van der Waals surface area (Å²) in [6.45, 7) is 2.26. The summed E-state index contributed by atoms with van der Waals surface area (Å²) in [4.78, 5) is 11.4. The van der Waals surface area contributed by atoms with E-state index in [9.17, 15) is 9.90 Å². The third-order valence-corrected chi connectivity index (χ3v) is 5.36. The molecule has 27 heavy (non-hydrogen) atoms. The van der Waals surface area contributed by atoms with Gasteiger partial charge in [0, 0.05) is 6.07 Å². The predicted molar refractivity (Wildman–Crippen MR) is 110 cm³/mol. The second kappa shape index (κ2) is 15.5. The molecule has 1 aromatic rings. The zero-order valence-corrected chi connectivity index (χ0v) is 17.3. The van der Waals surface area contributed by atoms with Crippen molar-refractivity contribution in [1.29, 1.82) is 0 Å². The van der Waals surface area contributed by atoms with Crippen LogP contribution in [0.1, 0.15) is 109 Å². The molecule has 1 heterocycles. The number of nitrogen functional groups attached to an aromatic ring is 1. The molecule has 0 aliphatic carbocycles. The molecule has 1 atom stereocenters. The number of pyridine rings is 1. The van der Waals surface area contributed by atoms with Crippen LogP contribution in [-0.2, 0) is 4.79 Å². The van der Waals surface area contributed by atoms with Crippen LogP contribution in [0.5, 0.6) is 0 Å². The lowest BCUT2D eigenvalue weighted by atomic mass is 10.0. The summed E-state index contributed by atoms with van der Waals surface area (Å²) in [6.07, 6.45) is 20.5. The second-order valence-corrected chi connectivity index (χ2v) is 7.75. The van der Waals surface area contributed by atoms with Gasteiger partial charge < -0.3 is 9.90 Å². The molecule has 1 unspecified atom stereocenters. The number of hydrogen-bond acceptors (Lipinski definition) is 3. The van der Waals surface area contributed by atoms with Gasteiger partial charge in [0.15, 0.2) is 0 Å². The molecule has 1 rings (SSSR count). The summed E-state index contributed by atoms with van der Waals surface area (Å²) >= 11 is 0. The fraction of sp³-hybridized carbons (Fsp3) is 0.739. The SMILES string of the molecule is CCCCCCCCCCCCCCCCC(C(=O)[O-])[n+]1ccccc1N. The molecule has 0 saturated carbocycles. The minimum atomic E-state index is -1.05. The van der Waals surface area contributed by atoms with Crippen LogP contribution >= 0.6 is 0 Å². The maximum absolute atomic E-state index is 11.4. The second-order valence-electron chi connectivity index (χ2n) is 7.75. The number of aliphatic carboxylic acids is 1. The molecule has 4 nitrogen and oxygen atoms in total. The van der Waals surface area contributed by atoms with E-state index in [1.54, 1.807) is 22.9 Å². The smallest absolute Gasteiger partial charge is 0.272 e. The minimum absolute atomic E-state index is 0.470. The number of unbranched alkanes of at least 4 members (excludes halogenated alkanes) is 13. The van der Waals surface area contributed by atoms with Crippen molar-refractivity contribution in [2.75, 3.05) is 5.73 Å². The summed E-state index contributed by atoms with van der Waals surface area (Å²) in [5.74, 6) is -0.579. The van der Waals surface area contributed by atoms with Crippen molar-refractivity contribution < 1.29 is 14.5 Å². The van der Waals surface area contributed by atoms with E-state index >= 15 is 0 Å². The molecule has 0 spiro atoms. The van der Waals surface area contributed by atoms with Crippen LogP contribution in [0.2, 0.25) is 0 Å². The summed E-state index contributed by atoms with van der Waals surface area (Å²) < 4.78 is 1.61. The van der Waals surface area contributed by atoms with Gasteiger partial charge in [0.1, 0.15) is 6.04 Å². The van der Waals surface area contributed by atoms with Crippen molar-refractivity contribution in [3.63, 3.8) is 0 Å². The molecule has 4 heteroatoms. The van der Waals surface area contributed by atoms with Crippen LogP contribution in [0.4, 0.5) is 5.82 Å². The van der Waals surface area contributed by atoms with Gasteiger partial charge in [-0.25, -0.2) is 4.57 Å². The van der Waals surface area contributed by atoms with Gasteiger partial charge in [-0.2, -0.15) is 0 Å².